The molecular weight excluding hydrogens is 420 g/mol. The van der Waals surface area contributed by atoms with Crippen LogP contribution in [-0.4, -0.2) is 54.2 Å². The summed E-state index contributed by atoms with van der Waals surface area (Å²) < 4.78 is 5.27. The number of hydrogen-bond acceptors (Lipinski definition) is 4. The highest BCUT2D eigenvalue weighted by atomic mass is 32.1. The summed E-state index contributed by atoms with van der Waals surface area (Å²) >= 11 is 5.77. The Hall–Kier alpha value is -2.90. The SMILES string of the molecule is COc1ccc2cc(CN(CCCN(C)C)C(=S)N[C@H](C)c3ccccc3)c(=O)[nH]c2c1. The molecule has 0 amide bonds. The Morgan fingerprint density at radius 3 is 2.56 bits per heavy atom. The van der Waals surface area contributed by atoms with Crippen molar-refractivity contribution in [2.75, 3.05) is 34.3 Å². The number of nitrogens with one attached hydrogen (secondary N) is 2. The number of ether oxygens (including phenoxy) is 1. The summed E-state index contributed by atoms with van der Waals surface area (Å²) in [5.41, 5.74) is 2.50. The zero-order chi connectivity index (χ0) is 23.1. The number of thiocarbonyl (C=S) groups is 1. The van der Waals surface area contributed by atoms with E-state index in [9.17, 15) is 4.79 Å². The molecule has 0 aliphatic rings. The second kappa shape index (κ2) is 11.1. The molecule has 0 bridgehead atoms. The topological polar surface area (TPSA) is 60.6 Å². The largest absolute Gasteiger partial charge is 0.497 e. The maximum atomic E-state index is 12.8. The minimum absolute atomic E-state index is 0.0717. The number of benzene rings is 2. The molecule has 7 heteroatoms. The molecule has 2 N–H and O–H groups in total. The average Bonchev–Trinajstić information content (AvgIpc) is 2.78. The van der Waals surface area contributed by atoms with Gasteiger partial charge in [0.25, 0.3) is 5.56 Å². The number of hydrogen-bond donors (Lipinski definition) is 2. The molecule has 0 spiro atoms. The Labute approximate surface area is 195 Å². The smallest absolute Gasteiger partial charge is 0.253 e. The standard InChI is InChI=1S/C25H32N4O2S/c1-18(19-9-6-5-7-10-19)26-25(32)29(14-8-13-28(2)3)17-21-15-20-11-12-22(31-4)16-23(20)27-24(21)30/h5-7,9-12,15-16,18H,8,13-14,17H2,1-4H3,(H,26,32)(H,27,30)/t18-/m1/s1. The number of nitrogens with zero attached hydrogens (tertiary/aromatic N) is 2. The molecule has 0 aliphatic heterocycles. The molecule has 0 saturated carbocycles. The summed E-state index contributed by atoms with van der Waals surface area (Å²) in [5.74, 6) is 0.714. The minimum atomic E-state index is -0.109. The molecule has 1 aromatic heterocycles. The van der Waals surface area contributed by atoms with E-state index in [1.54, 1.807) is 7.11 Å². The summed E-state index contributed by atoms with van der Waals surface area (Å²) in [7, 11) is 5.73. The molecule has 3 aromatic rings. The van der Waals surface area contributed by atoms with E-state index in [2.05, 4.69) is 53.3 Å². The first-order valence-electron chi connectivity index (χ1n) is 10.8. The van der Waals surface area contributed by atoms with Crippen molar-refractivity contribution in [1.29, 1.82) is 0 Å². The van der Waals surface area contributed by atoms with Gasteiger partial charge < -0.3 is 24.8 Å². The predicted octanol–water partition coefficient (Wildman–Crippen LogP) is 3.93. The van der Waals surface area contributed by atoms with E-state index in [0.29, 0.717) is 23.0 Å². The molecule has 0 fully saturated rings. The molecule has 2 aromatic carbocycles. The van der Waals surface area contributed by atoms with Crippen LogP contribution < -0.4 is 15.6 Å². The van der Waals surface area contributed by atoms with Crippen molar-refractivity contribution in [2.45, 2.75) is 25.9 Å². The van der Waals surface area contributed by atoms with Crippen molar-refractivity contribution < 1.29 is 4.74 Å². The van der Waals surface area contributed by atoms with Crippen LogP contribution in [0.4, 0.5) is 0 Å². The van der Waals surface area contributed by atoms with Gasteiger partial charge in [-0.15, -0.1) is 0 Å². The van der Waals surface area contributed by atoms with Gasteiger partial charge in [0.1, 0.15) is 5.75 Å². The van der Waals surface area contributed by atoms with Gasteiger partial charge in [-0.3, -0.25) is 4.79 Å². The van der Waals surface area contributed by atoms with Crippen molar-refractivity contribution in [3.8, 4) is 5.75 Å². The Balaban J connectivity index is 1.81. The first-order valence-corrected chi connectivity index (χ1v) is 11.2. The van der Waals surface area contributed by atoms with Crippen molar-refractivity contribution in [3.63, 3.8) is 0 Å². The fourth-order valence-electron chi connectivity index (χ4n) is 3.61. The molecule has 0 radical (unpaired) electrons. The number of H-pyrrole nitrogens is 1. The lowest BCUT2D eigenvalue weighted by Gasteiger charge is -2.28. The van der Waals surface area contributed by atoms with Gasteiger partial charge in [0.2, 0.25) is 0 Å². The van der Waals surface area contributed by atoms with E-state index >= 15 is 0 Å². The average molecular weight is 453 g/mol. The van der Waals surface area contributed by atoms with Gasteiger partial charge >= 0.3 is 0 Å². The van der Waals surface area contributed by atoms with Crippen LogP contribution >= 0.6 is 12.2 Å². The molecule has 170 valence electrons. The van der Waals surface area contributed by atoms with Crippen molar-refractivity contribution in [2.24, 2.45) is 0 Å². The molecule has 6 nitrogen and oxygen atoms in total. The molecular formula is C25H32N4O2S. The zero-order valence-electron chi connectivity index (χ0n) is 19.2. The van der Waals surface area contributed by atoms with E-state index < -0.39 is 0 Å². The van der Waals surface area contributed by atoms with E-state index in [-0.39, 0.29) is 11.6 Å². The molecule has 0 saturated heterocycles. The van der Waals surface area contributed by atoms with Gasteiger partial charge in [-0.25, -0.2) is 0 Å². The van der Waals surface area contributed by atoms with Crippen LogP contribution in [0.1, 0.15) is 30.5 Å². The quantitative estimate of drug-likeness (QED) is 0.480. The van der Waals surface area contributed by atoms with Gasteiger partial charge in [-0.1, -0.05) is 30.3 Å². The van der Waals surface area contributed by atoms with Gasteiger partial charge in [-0.2, -0.15) is 0 Å². The zero-order valence-corrected chi connectivity index (χ0v) is 20.0. The summed E-state index contributed by atoms with van der Waals surface area (Å²) in [6.45, 7) is 4.24. The normalized spacial score (nSPS) is 12.0. The summed E-state index contributed by atoms with van der Waals surface area (Å²) in [5, 5.41) is 5.05. The highest BCUT2D eigenvalue weighted by Gasteiger charge is 2.16. The lowest BCUT2D eigenvalue weighted by Crippen LogP contribution is -2.42. The van der Waals surface area contributed by atoms with Crippen LogP contribution in [0.25, 0.3) is 10.9 Å². The van der Waals surface area contributed by atoms with Crippen LogP contribution in [0, 0.1) is 0 Å². The number of aromatic nitrogens is 1. The lowest BCUT2D eigenvalue weighted by atomic mass is 10.1. The van der Waals surface area contributed by atoms with Crippen LogP contribution in [0.15, 0.2) is 59.4 Å². The predicted molar refractivity (Wildman–Crippen MR) is 135 cm³/mol. The number of fused-ring (bicyclic) bond motifs is 1. The maximum absolute atomic E-state index is 12.8. The van der Waals surface area contributed by atoms with Crippen LogP contribution in [0.5, 0.6) is 5.75 Å². The fourth-order valence-corrected chi connectivity index (χ4v) is 3.94. The number of pyridine rings is 1. The Morgan fingerprint density at radius 2 is 1.88 bits per heavy atom. The van der Waals surface area contributed by atoms with E-state index in [1.165, 1.54) is 5.56 Å². The Kier molecular flexibility index (Phi) is 8.25. The van der Waals surface area contributed by atoms with Gasteiger partial charge in [0.15, 0.2) is 5.11 Å². The third kappa shape index (κ3) is 6.31. The lowest BCUT2D eigenvalue weighted by molar-refractivity contribution is 0.339. The Morgan fingerprint density at radius 1 is 1.12 bits per heavy atom. The second-order valence-electron chi connectivity index (χ2n) is 8.24. The molecule has 0 aliphatic carbocycles. The molecule has 1 atom stereocenters. The van der Waals surface area contributed by atoms with E-state index in [4.69, 9.17) is 17.0 Å². The van der Waals surface area contributed by atoms with Gasteiger partial charge in [0.05, 0.1) is 25.2 Å². The highest BCUT2D eigenvalue weighted by Crippen LogP contribution is 2.19. The minimum Gasteiger partial charge on any atom is -0.497 e. The fraction of sp³-hybridized carbons (Fsp3) is 0.360. The third-order valence-electron chi connectivity index (χ3n) is 5.45. The summed E-state index contributed by atoms with van der Waals surface area (Å²) in [4.78, 5) is 20.0. The molecule has 1 heterocycles. The first-order chi connectivity index (χ1) is 15.4. The van der Waals surface area contributed by atoms with Crippen LogP contribution in [0.2, 0.25) is 0 Å². The second-order valence-corrected chi connectivity index (χ2v) is 8.62. The van der Waals surface area contributed by atoms with E-state index in [0.717, 1.165) is 30.4 Å². The first kappa shape index (κ1) is 23.8. The van der Waals surface area contributed by atoms with Crippen LogP contribution in [0.3, 0.4) is 0 Å². The summed E-state index contributed by atoms with van der Waals surface area (Å²) in [6, 6.07) is 17.9. The van der Waals surface area contributed by atoms with Gasteiger partial charge in [-0.05, 0) is 75.4 Å². The molecule has 32 heavy (non-hydrogen) atoms. The molecule has 3 rings (SSSR count). The van der Waals surface area contributed by atoms with Gasteiger partial charge in [0, 0.05) is 18.2 Å². The Bertz CT molecular complexity index is 1100. The van der Waals surface area contributed by atoms with Crippen molar-refractivity contribution in [3.05, 3.63) is 76.1 Å². The monoisotopic (exact) mass is 452 g/mol. The van der Waals surface area contributed by atoms with Crippen molar-refractivity contribution >= 4 is 28.2 Å². The maximum Gasteiger partial charge on any atom is 0.253 e. The van der Waals surface area contributed by atoms with E-state index in [1.807, 2.05) is 42.5 Å². The van der Waals surface area contributed by atoms with Crippen LogP contribution in [-0.2, 0) is 6.54 Å². The third-order valence-corrected chi connectivity index (χ3v) is 5.83. The highest BCUT2D eigenvalue weighted by molar-refractivity contribution is 7.80. The summed E-state index contributed by atoms with van der Waals surface area (Å²) in [6.07, 6.45) is 0.942. The number of rotatable bonds is 9. The number of methoxy groups -OCH3 is 1. The molecule has 0 unspecified atom stereocenters. The van der Waals surface area contributed by atoms with Crippen molar-refractivity contribution in [1.82, 2.24) is 20.1 Å². The number of aromatic amines is 1.